The monoisotopic (exact) mass is 1000 g/mol. The molecule has 6 rings (SSSR count). The van der Waals surface area contributed by atoms with Gasteiger partial charge in [0.15, 0.2) is 29.4 Å². The number of carbonyl (C=O) groups excluding carboxylic acids is 5. The van der Waals surface area contributed by atoms with Crippen LogP contribution >= 0.6 is 12.4 Å². The van der Waals surface area contributed by atoms with Crippen molar-refractivity contribution in [3.8, 4) is 0 Å². The van der Waals surface area contributed by atoms with Crippen LogP contribution in [0.4, 0.5) is 4.79 Å². The Labute approximate surface area is 413 Å². The minimum atomic E-state index is -2.35. The Hall–Kier alpha value is -5.64. The molecule has 21 heteroatoms. The summed E-state index contributed by atoms with van der Waals surface area (Å²) >= 11 is 0. The molecule has 2 saturated carbocycles. The second-order valence-electron chi connectivity index (χ2n) is 19.8. The van der Waals surface area contributed by atoms with E-state index in [0.717, 1.165) is 26.3 Å². The van der Waals surface area contributed by atoms with Gasteiger partial charge in [0, 0.05) is 31.7 Å². The maximum atomic E-state index is 14.9. The molecule has 1 aliphatic heterocycles. The lowest BCUT2D eigenvalue weighted by Crippen LogP contribution is -2.81. The molecule has 1 unspecified atom stereocenters. The van der Waals surface area contributed by atoms with Crippen LogP contribution in [-0.2, 0) is 38.1 Å². The quantitative estimate of drug-likeness (QED) is 0.0385. The van der Waals surface area contributed by atoms with Crippen LogP contribution < -0.4 is 21.7 Å². The van der Waals surface area contributed by atoms with E-state index in [0.29, 0.717) is 5.56 Å². The minimum Gasteiger partial charge on any atom is -0.456 e. The van der Waals surface area contributed by atoms with E-state index >= 15 is 0 Å². The fourth-order valence-corrected chi connectivity index (χ4v) is 10.1. The number of nitrogens with two attached hydrogens (primary N) is 1. The second-order valence-corrected chi connectivity index (χ2v) is 19.8. The van der Waals surface area contributed by atoms with Crippen molar-refractivity contribution in [2.45, 2.75) is 147 Å². The number of benzene rings is 2. The predicted molar refractivity (Wildman–Crippen MR) is 257 cm³/mol. The van der Waals surface area contributed by atoms with Gasteiger partial charge in [-0.25, -0.2) is 14.4 Å². The summed E-state index contributed by atoms with van der Waals surface area (Å²) in [6, 6.07) is 14.6. The van der Waals surface area contributed by atoms with Crippen LogP contribution in [-0.4, -0.2) is 129 Å². The Kier molecular flexibility index (Phi) is 18.1. The van der Waals surface area contributed by atoms with Gasteiger partial charge in [0.25, 0.3) is 0 Å². The molecule has 386 valence electrons. The summed E-state index contributed by atoms with van der Waals surface area (Å²) in [6.07, 6.45) is -9.38. The highest BCUT2D eigenvalue weighted by molar-refractivity contribution is 5.95. The van der Waals surface area contributed by atoms with Gasteiger partial charge in [0.1, 0.15) is 35.6 Å². The maximum absolute atomic E-state index is 14.9. The number of carbonyl (C=O) groups is 5. The number of unbranched alkanes of at least 4 members (excludes halogenated alkanes) is 1. The number of fused-ring (bicyclic) bond motifs is 5. The van der Waals surface area contributed by atoms with Gasteiger partial charge in [-0.1, -0.05) is 75.7 Å². The molecule has 0 spiro atoms. The summed E-state index contributed by atoms with van der Waals surface area (Å²) in [7, 11) is 0. The molecule has 70 heavy (non-hydrogen) atoms. The van der Waals surface area contributed by atoms with Crippen LogP contribution in [0.3, 0.4) is 0 Å². The number of hydrogen-bond donors (Lipinski definition) is 10. The molecular weight excluding hydrogens is 932 g/mol. The molecule has 0 aromatic heterocycles. The number of aliphatic hydroxyl groups is 4. The fourth-order valence-electron chi connectivity index (χ4n) is 10.1. The molecular formula is C49H69ClN6O14. The molecule has 2 aromatic carbocycles. The van der Waals surface area contributed by atoms with Crippen molar-refractivity contribution in [2.24, 2.45) is 22.5 Å². The number of nitrogens with one attached hydrogen (secondary N) is 5. The van der Waals surface area contributed by atoms with Crippen molar-refractivity contribution in [1.29, 1.82) is 10.8 Å². The third kappa shape index (κ3) is 11.4. The molecule has 11 N–H and O–H groups in total. The zero-order chi connectivity index (χ0) is 51.4. The average Bonchev–Trinajstić information content (AvgIpc) is 3.26. The number of hydrogen-bond acceptors (Lipinski definition) is 16. The van der Waals surface area contributed by atoms with Gasteiger partial charge < -0.3 is 60.5 Å². The molecule has 1 saturated heterocycles. The number of halogens is 1. The fraction of sp³-hybridized carbons (Fsp3) is 0.571. The van der Waals surface area contributed by atoms with Crippen molar-refractivity contribution in [1.82, 2.24) is 16.0 Å². The lowest BCUT2D eigenvalue weighted by Gasteiger charge is -2.67. The highest BCUT2D eigenvalue weighted by atomic mass is 35.5. The van der Waals surface area contributed by atoms with Crippen LogP contribution in [0, 0.1) is 27.6 Å². The van der Waals surface area contributed by atoms with Gasteiger partial charge in [-0.2, -0.15) is 0 Å². The van der Waals surface area contributed by atoms with Crippen molar-refractivity contribution >= 4 is 54.1 Å². The summed E-state index contributed by atoms with van der Waals surface area (Å²) in [6.45, 7) is 14.6. The normalized spacial score (nSPS) is 29.3. The third-order valence-electron chi connectivity index (χ3n) is 13.7. The topological polar surface area (TPSA) is 322 Å². The standard InChI is InChI=1S/C43H53NO14.C6H15N5.ClH/c1-22-26(55-37(51)32(48)30(24-15-11-9-12-16-24)44-38(52)58-39(3,4)5)20-43(53)35(56-36(50)25-17-13-10-14-18-25)33-41(8,34(49)31(47)29(22)40(43,6)7)27(46)19-28-42(33,21-54-28)57-23(2)45;1-2-3-4-10-6(9)11-5(7)8;/h9-18,26-28,30-33,35,46-48,53H,19-21H2,1-8H3,(H,44,52);2-4H2,1H3,(H6,7,8,9,10,11);1H/t26-,27-,28+,30-,31+,32?,33-,35-,41+,42-,43+;;/m0../s1. The first kappa shape index (κ1) is 56.9. The maximum Gasteiger partial charge on any atom is 0.408 e. The number of alkyl carbamates (subject to hydrolysis) is 1. The van der Waals surface area contributed by atoms with E-state index in [1.807, 2.05) is 0 Å². The van der Waals surface area contributed by atoms with E-state index in [9.17, 15) is 44.4 Å². The Morgan fingerprint density at radius 1 is 0.986 bits per heavy atom. The Morgan fingerprint density at radius 3 is 2.11 bits per heavy atom. The first-order valence-corrected chi connectivity index (χ1v) is 22.9. The average molecular weight is 1000 g/mol. The molecule has 1 heterocycles. The van der Waals surface area contributed by atoms with E-state index in [4.69, 9.17) is 40.2 Å². The van der Waals surface area contributed by atoms with Crippen molar-refractivity contribution in [2.75, 3.05) is 13.2 Å². The smallest absolute Gasteiger partial charge is 0.408 e. The predicted octanol–water partition coefficient (Wildman–Crippen LogP) is 3.48. The molecule has 20 nitrogen and oxygen atoms in total. The summed E-state index contributed by atoms with van der Waals surface area (Å²) in [5.41, 5.74) is -3.15. The minimum absolute atomic E-state index is 0. The molecule has 0 radical (unpaired) electrons. The number of aliphatic hydroxyl groups excluding tert-OH is 3. The van der Waals surface area contributed by atoms with Crippen LogP contribution in [0.2, 0.25) is 0 Å². The van der Waals surface area contributed by atoms with E-state index in [2.05, 4.69) is 22.9 Å². The van der Waals surface area contributed by atoms with Crippen molar-refractivity contribution < 1.29 is 68.1 Å². The zero-order valence-electron chi connectivity index (χ0n) is 41.0. The largest absolute Gasteiger partial charge is 0.456 e. The highest BCUT2D eigenvalue weighted by Gasteiger charge is 2.78. The molecule has 2 aromatic rings. The second kappa shape index (κ2) is 22.2. The number of ether oxygens (including phenoxy) is 5. The van der Waals surface area contributed by atoms with E-state index in [1.165, 1.54) is 26.0 Å². The van der Waals surface area contributed by atoms with Gasteiger partial charge in [-0.3, -0.25) is 25.7 Å². The van der Waals surface area contributed by atoms with E-state index in [1.54, 1.807) is 83.1 Å². The van der Waals surface area contributed by atoms with Gasteiger partial charge in [-0.15, -0.1) is 12.4 Å². The van der Waals surface area contributed by atoms with Gasteiger partial charge in [0.05, 0.1) is 35.6 Å². The zero-order valence-corrected chi connectivity index (χ0v) is 41.8. The van der Waals surface area contributed by atoms with Crippen molar-refractivity contribution in [3.63, 3.8) is 0 Å². The lowest BCUT2D eigenvalue weighted by molar-refractivity contribution is -0.346. The Balaban J connectivity index is 0.000000791. The van der Waals surface area contributed by atoms with E-state index in [-0.39, 0.29) is 54.1 Å². The molecule has 3 fully saturated rings. The van der Waals surface area contributed by atoms with Gasteiger partial charge in [-0.05, 0) is 69.9 Å². The molecule has 2 bridgehead atoms. The summed E-state index contributed by atoms with van der Waals surface area (Å²) in [5, 5.41) is 70.6. The first-order valence-electron chi connectivity index (χ1n) is 22.9. The number of rotatable bonds is 11. The van der Waals surface area contributed by atoms with E-state index < -0.39 is 112 Å². The first-order chi connectivity index (χ1) is 32.2. The summed E-state index contributed by atoms with van der Waals surface area (Å²) < 4.78 is 29.5. The van der Waals surface area contributed by atoms with Crippen LogP contribution in [0.15, 0.2) is 71.8 Å². The van der Waals surface area contributed by atoms with Crippen LogP contribution in [0.5, 0.6) is 0 Å². The highest BCUT2D eigenvalue weighted by Crippen LogP contribution is 2.64. The molecule has 4 aliphatic rings. The van der Waals surface area contributed by atoms with Gasteiger partial charge in [0.2, 0.25) is 0 Å². The van der Waals surface area contributed by atoms with Crippen LogP contribution in [0.1, 0.15) is 110 Å². The van der Waals surface area contributed by atoms with Crippen molar-refractivity contribution in [3.05, 3.63) is 82.9 Å². The summed E-state index contributed by atoms with van der Waals surface area (Å²) in [5.74, 6) is -5.48. The number of Topliss-reactive ketones (excluding diaryl/α,β-unsaturated/α-hetero) is 1. The molecule has 11 atom stereocenters. The lowest BCUT2D eigenvalue weighted by atomic mass is 9.44. The number of esters is 3. The summed E-state index contributed by atoms with van der Waals surface area (Å²) in [4.78, 5) is 68.9. The SMILES string of the molecule is CC(=O)O[C@@]12CO[C@@H]1C[C@H](O)[C@@]1(C)C(=O)[C@H](O)C3=C(C)[C@@H](OC(=O)C(O)[C@@H](NC(=O)OC(C)(C)C)c4ccccc4)C[C@@](O)([C@@H](OC(=O)c4ccccc4)[C@H]21)C3(C)C.CCCCNC(=N)NC(=N)N.Cl. The number of guanidine groups is 2. The molecule has 1 amide bonds. The number of amides is 1. The van der Waals surface area contributed by atoms with Gasteiger partial charge >= 0.3 is 24.0 Å². The number of ketones is 1. The molecule has 3 aliphatic carbocycles. The Bertz CT molecular complexity index is 2300. The Morgan fingerprint density at radius 2 is 1.59 bits per heavy atom. The van der Waals surface area contributed by atoms with Crippen LogP contribution in [0.25, 0.3) is 0 Å². The third-order valence-corrected chi connectivity index (χ3v) is 13.7.